The molecule has 35 heavy (non-hydrogen) atoms. The van der Waals surface area contributed by atoms with Crippen LogP contribution in [0.5, 0.6) is 0 Å². The Hall–Kier alpha value is -3.82. The average molecular weight is 492 g/mol. The molecular weight excluding hydrogens is 466 g/mol. The second-order valence-electron chi connectivity index (χ2n) is 8.08. The van der Waals surface area contributed by atoms with E-state index in [9.17, 15) is 22.6 Å². The van der Waals surface area contributed by atoms with E-state index in [1.807, 2.05) is 26.0 Å². The van der Waals surface area contributed by atoms with Crippen LogP contribution in [0.4, 0.5) is 5.69 Å². The largest absolute Gasteiger partial charge is 0.322 e. The summed E-state index contributed by atoms with van der Waals surface area (Å²) in [5.41, 5.74) is 3.73. The van der Waals surface area contributed by atoms with Gasteiger partial charge in [-0.05, 0) is 54.8 Å². The minimum Gasteiger partial charge on any atom is -0.322 e. The zero-order valence-electron chi connectivity index (χ0n) is 19.4. The van der Waals surface area contributed by atoms with Crippen LogP contribution in [0, 0.1) is 0 Å². The van der Waals surface area contributed by atoms with Crippen molar-refractivity contribution in [1.82, 2.24) is 9.55 Å². The topological polar surface area (TPSA) is 118 Å². The van der Waals surface area contributed by atoms with Crippen LogP contribution < -0.4 is 10.9 Å². The molecule has 0 fully saturated rings. The number of pyridine rings is 2. The molecule has 0 saturated carbocycles. The van der Waals surface area contributed by atoms with Crippen LogP contribution >= 0.6 is 0 Å². The number of amides is 1. The number of anilines is 1. The number of nitrogens with one attached hydrogen (secondary N) is 1. The molecule has 4 aromatic rings. The summed E-state index contributed by atoms with van der Waals surface area (Å²) in [4.78, 5) is 29.6. The average Bonchev–Trinajstić information content (AvgIpc) is 2.85. The lowest BCUT2D eigenvalue weighted by Gasteiger charge is -2.14. The fraction of sp³-hybridized carbons (Fsp3) is 0.192. The minimum absolute atomic E-state index is 0.119. The molecule has 0 radical (unpaired) electrons. The molecule has 0 saturated heterocycles. The van der Waals surface area contributed by atoms with Crippen LogP contribution in [0.1, 0.15) is 41.2 Å². The summed E-state index contributed by atoms with van der Waals surface area (Å²) in [6.45, 7) is 4.41. The van der Waals surface area contributed by atoms with Gasteiger partial charge in [0.15, 0.2) is 0 Å². The Balaban J connectivity index is 1.61. The molecule has 2 N–H and O–H groups in total. The number of carbonyl (C=O) groups excluding carboxylic acids is 1. The molecule has 9 heteroatoms. The van der Waals surface area contributed by atoms with Crippen LogP contribution in [0.25, 0.3) is 10.9 Å². The van der Waals surface area contributed by atoms with Crippen LogP contribution in [-0.2, 0) is 29.5 Å². The highest BCUT2D eigenvalue weighted by Gasteiger charge is 2.20. The predicted octanol–water partition coefficient (Wildman–Crippen LogP) is 4.07. The van der Waals surface area contributed by atoms with E-state index >= 15 is 0 Å². The van der Waals surface area contributed by atoms with Crippen molar-refractivity contribution >= 4 is 32.6 Å². The first-order valence-corrected chi connectivity index (χ1v) is 12.6. The molecule has 0 aliphatic rings. The molecule has 180 valence electrons. The number of fused-ring (bicyclic) bond motifs is 1. The molecule has 0 spiro atoms. The van der Waals surface area contributed by atoms with Crippen molar-refractivity contribution in [2.45, 2.75) is 38.1 Å². The third-order valence-electron chi connectivity index (χ3n) is 5.78. The second kappa shape index (κ2) is 9.81. The normalized spacial score (nSPS) is 11.5. The molecule has 0 aliphatic heterocycles. The van der Waals surface area contributed by atoms with E-state index in [4.69, 9.17) is 4.98 Å². The van der Waals surface area contributed by atoms with Gasteiger partial charge in [0.1, 0.15) is 4.90 Å². The highest BCUT2D eigenvalue weighted by Crippen LogP contribution is 2.21. The zero-order chi connectivity index (χ0) is 25.2. The number of nitrogens with zero attached hydrogens (tertiary/aromatic N) is 2. The molecule has 0 unspecified atom stereocenters. The summed E-state index contributed by atoms with van der Waals surface area (Å²) < 4.78 is 34.2. The first-order valence-electron chi connectivity index (χ1n) is 11.2. The maximum Gasteiger partial charge on any atom is 0.295 e. The van der Waals surface area contributed by atoms with E-state index in [1.165, 1.54) is 24.3 Å². The number of carbonyl (C=O) groups is 1. The molecule has 2 heterocycles. The highest BCUT2D eigenvalue weighted by atomic mass is 32.2. The first kappa shape index (κ1) is 24.3. The van der Waals surface area contributed by atoms with Crippen LogP contribution in [-0.4, -0.2) is 28.4 Å². The fourth-order valence-electron chi connectivity index (χ4n) is 3.98. The maximum absolute atomic E-state index is 12.7. The van der Waals surface area contributed by atoms with Crippen LogP contribution in [0.2, 0.25) is 0 Å². The minimum atomic E-state index is -4.54. The van der Waals surface area contributed by atoms with Gasteiger partial charge in [-0.3, -0.25) is 19.1 Å². The van der Waals surface area contributed by atoms with Gasteiger partial charge >= 0.3 is 0 Å². The van der Waals surface area contributed by atoms with Gasteiger partial charge in [0, 0.05) is 28.5 Å². The molecule has 4 rings (SSSR count). The van der Waals surface area contributed by atoms with Gasteiger partial charge in [-0.25, -0.2) is 0 Å². The summed E-state index contributed by atoms with van der Waals surface area (Å²) in [7, 11) is -4.54. The molecule has 2 aromatic heterocycles. The van der Waals surface area contributed by atoms with Gasteiger partial charge in [-0.1, -0.05) is 38.1 Å². The maximum atomic E-state index is 12.7. The fourth-order valence-corrected chi connectivity index (χ4v) is 4.67. The van der Waals surface area contributed by atoms with E-state index in [1.54, 1.807) is 34.9 Å². The Bertz CT molecular complexity index is 1580. The van der Waals surface area contributed by atoms with Crippen molar-refractivity contribution in [3.05, 3.63) is 99.6 Å². The van der Waals surface area contributed by atoms with Crippen LogP contribution in [0.3, 0.4) is 0 Å². The SMILES string of the molecule is CCc1cc2c(ccc(=O)n2Cc2ccc(NC(=O)c3ccccc3S(=O)(=O)O)cc2)c(CC)n1. The van der Waals surface area contributed by atoms with Crippen molar-refractivity contribution in [2.75, 3.05) is 5.32 Å². The van der Waals surface area contributed by atoms with Crippen LogP contribution in [0.15, 0.2) is 76.4 Å². The Morgan fingerprint density at radius 1 is 1.00 bits per heavy atom. The van der Waals surface area contributed by atoms with Crippen molar-refractivity contribution in [2.24, 2.45) is 0 Å². The third kappa shape index (κ3) is 5.16. The summed E-state index contributed by atoms with van der Waals surface area (Å²) in [5, 5.41) is 3.59. The quantitative estimate of drug-likeness (QED) is 0.376. The van der Waals surface area contributed by atoms with Gasteiger partial charge in [-0.2, -0.15) is 8.42 Å². The van der Waals surface area contributed by atoms with Crippen molar-refractivity contribution in [3.63, 3.8) is 0 Å². The summed E-state index contributed by atoms with van der Waals surface area (Å²) >= 11 is 0. The van der Waals surface area contributed by atoms with E-state index in [2.05, 4.69) is 5.32 Å². The first-order chi connectivity index (χ1) is 16.7. The lowest BCUT2D eigenvalue weighted by Crippen LogP contribution is -2.21. The van der Waals surface area contributed by atoms with E-state index < -0.39 is 20.9 Å². The lowest BCUT2D eigenvalue weighted by molar-refractivity contribution is 0.102. The third-order valence-corrected chi connectivity index (χ3v) is 6.69. The Morgan fingerprint density at radius 2 is 1.71 bits per heavy atom. The molecule has 0 bridgehead atoms. The zero-order valence-corrected chi connectivity index (χ0v) is 20.2. The number of aryl methyl sites for hydroxylation is 2. The Kier molecular flexibility index (Phi) is 6.81. The predicted molar refractivity (Wildman–Crippen MR) is 135 cm³/mol. The molecule has 1 amide bonds. The van der Waals surface area contributed by atoms with Gasteiger partial charge < -0.3 is 9.88 Å². The van der Waals surface area contributed by atoms with E-state index in [0.29, 0.717) is 12.2 Å². The molecule has 0 aliphatic carbocycles. The standard InChI is InChI=1S/C26H25N3O5S/c1-3-18-15-23-20(22(4-2)27-18)13-14-25(30)29(23)16-17-9-11-19(12-10-17)28-26(31)21-7-5-6-8-24(21)35(32,33)34/h5-15H,3-4,16H2,1-2H3,(H,28,31)(H,32,33,34). The highest BCUT2D eigenvalue weighted by molar-refractivity contribution is 7.86. The Labute approximate surface area is 203 Å². The molecule has 0 atom stereocenters. The van der Waals surface area contributed by atoms with Crippen molar-refractivity contribution in [3.8, 4) is 0 Å². The molecule has 8 nitrogen and oxygen atoms in total. The summed E-state index contributed by atoms with van der Waals surface area (Å²) in [5.74, 6) is -0.664. The van der Waals surface area contributed by atoms with Gasteiger partial charge in [0.2, 0.25) is 0 Å². The van der Waals surface area contributed by atoms with Gasteiger partial charge in [0.25, 0.3) is 21.6 Å². The monoisotopic (exact) mass is 491 g/mol. The van der Waals surface area contributed by atoms with E-state index in [-0.39, 0.29) is 11.1 Å². The van der Waals surface area contributed by atoms with Crippen molar-refractivity contribution < 1.29 is 17.8 Å². The molecule has 2 aromatic carbocycles. The second-order valence-corrected chi connectivity index (χ2v) is 9.47. The van der Waals surface area contributed by atoms with Gasteiger partial charge in [-0.15, -0.1) is 0 Å². The van der Waals surface area contributed by atoms with Crippen molar-refractivity contribution in [1.29, 1.82) is 0 Å². The van der Waals surface area contributed by atoms with Gasteiger partial charge in [0.05, 0.1) is 17.6 Å². The number of hydrogen-bond acceptors (Lipinski definition) is 5. The number of benzene rings is 2. The van der Waals surface area contributed by atoms with E-state index in [0.717, 1.165) is 40.7 Å². The Morgan fingerprint density at radius 3 is 2.37 bits per heavy atom. The number of aromatic nitrogens is 2. The summed E-state index contributed by atoms with van der Waals surface area (Å²) in [6.07, 6.45) is 1.53. The number of rotatable bonds is 7. The summed E-state index contributed by atoms with van der Waals surface area (Å²) in [6, 6.07) is 17.7. The smallest absolute Gasteiger partial charge is 0.295 e. The molecular formula is C26H25N3O5S. The lowest BCUT2D eigenvalue weighted by atomic mass is 10.1. The number of hydrogen-bond donors (Lipinski definition) is 2.